The molecule has 0 atom stereocenters. The van der Waals surface area contributed by atoms with Crippen LogP contribution in [-0.2, 0) is 10.8 Å². The zero-order chi connectivity index (χ0) is 23.0. The van der Waals surface area contributed by atoms with Gasteiger partial charge in [0, 0.05) is 11.8 Å². The fraction of sp³-hybridized carbons (Fsp3) is 0.296. The van der Waals surface area contributed by atoms with Crippen molar-refractivity contribution in [1.29, 1.82) is 0 Å². The summed E-state index contributed by atoms with van der Waals surface area (Å²) in [7, 11) is 0. The summed E-state index contributed by atoms with van der Waals surface area (Å²) in [6.45, 7) is 13.1. The van der Waals surface area contributed by atoms with Crippen LogP contribution in [0.1, 0.15) is 58.2 Å². The number of phenolic OH excluding ortho intramolecular Hbond substituents is 1. The highest BCUT2D eigenvalue weighted by molar-refractivity contribution is 5.88. The minimum absolute atomic E-state index is 0.00716. The number of rotatable bonds is 3. The summed E-state index contributed by atoms with van der Waals surface area (Å²) in [6.07, 6.45) is 1.29. The third-order valence-corrected chi connectivity index (χ3v) is 5.30. The van der Waals surface area contributed by atoms with E-state index in [1.807, 2.05) is 6.07 Å². The predicted molar refractivity (Wildman–Crippen MR) is 125 cm³/mol. The second kappa shape index (κ2) is 8.26. The van der Waals surface area contributed by atoms with Gasteiger partial charge in [0.1, 0.15) is 11.4 Å². The molecule has 0 amide bonds. The minimum Gasteiger partial charge on any atom is -0.507 e. The molecule has 0 aliphatic heterocycles. The first kappa shape index (κ1) is 22.7. The molecular formula is C27H29F2NO. The SMILES string of the molecule is CC(C)(C)c1cc(-c2ccc(O)c(C=Nc3c(F)cccc3F)c2)cc(C(C)(C)C)c1. The average Bonchev–Trinajstić information content (AvgIpc) is 2.67. The van der Waals surface area contributed by atoms with Crippen molar-refractivity contribution >= 4 is 11.9 Å². The Balaban J connectivity index is 2.10. The molecule has 0 saturated carbocycles. The highest BCUT2D eigenvalue weighted by Crippen LogP contribution is 2.35. The van der Waals surface area contributed by atoms with E-state index in [9.17, 15) is 13.9 Å². The van der Waals surface area contributed by atoms with Crippen LogP contribution in [0.4, 0.5) is 14.5 Å². The monoisotopic (exact) mass is 421 g/mol. The summed E-state index contributed by atoms with van der Waals surface area (Å²) >= 11 is 0. The van der Waals surface area contributed by atoms with E-state index in [-0.39, 0.29) is 22.3 Å². The van der Waals surface area contributed by atoms with Gasteiger partial charge in [0.05, 0.1) is 0 Å². The summed E-state index contributed by atoms with van der Waals surface area (Å²) in [4.78, 5) is 3.95. The van der Waals surface area contributed by atoms with E-state index in [0.717, 1.165) is 23.3 Å². The number of hydrogen-bond donors (Lipinski definition) is 1. The molecular weight excluding hydrogens is 392 g/mol. The molecule has 0 aromatic heterocycles. The first-order valence-electron chi connectivity index (χ1n) is 10.3. The zero-order valence-corrected chi connectivity index (χ0v) is 18.9. The maximum absolute atomic E-state index is 13.9. The molecule has 0 aliphatic rings. The Morgan fingerprint density at radius 3 is 1.81 bits per heavy atom. The van der Waals surface area contributed by atoms with Gasteiger partial charge in [-0.2, -0.15) is 0 Å². The summed E-state index contributed by atoms with van der Waals surface area (Å²) < 4.78 is 27.8. The van der Waals surface area contributed by atoms with Gasteiger partial charge in [-0.15, -0.1) is 0 Å². The Kier molecular flexibility index (Phi) is 6.04. The number of para-hydroxylation sites is 1. The maximum atomic E-state index is 13.9. The second-order valence-electron chi connectivity index (χ2n) is 9.90. The molecule has 1 N–H and O–H groups in total. The first-order valence-corrected chi connectivity index (χ1v) is 10.3. The van der Waals surface area contributed by atoms with Gasteiger partial charge < -0.3 is 5.11 Å². The standard InChI is InChI=1S/C27H29F2NO/c1-26(2,3)20-13-18(14-21(15-20)27(4,5)6)17-10-11-24(31)19(12-17)16-30-25-22(28)8-7-9-23(25)29/h7-16,31H,1-6H3. The molecule has 0 unspecified atom stereocenters. The number of aromatic hydroxyl groups is 1. The lowest BCUT2D eigenvalue weighted by Gasteiger charge is -2.26. The highest BCUT2D eigenvalue weighted by atomic mass is 19.1. The van der Waals surface area contributed by atoms with Crippen LogP contribution in [0.3, 0.4) is 0 Å². The van der Waals surface area contributed by atoms with E-state index in [0.29, 0.717) is 5.56 Å². The van der Waals surface area contributed by atoms with Crippen LogP contribution >= 0.6 is 0 Å². The van der Waals surface area contributed by atoms with Crippen molar-refractivity contribution in [2.45, 2.75) is 52.4 Å². The van der Waals surface area contributed by atoms with Crippen molar-refractivity contribution in [1.82, 2.24) is 0 Å². The molecule has 3 aromatic carbocycles. The fourth-order valence-corrected chi connectivity index (χ4v) is 3.24. The Morgan fingerprint density at radius 2 is 1.29 bits per heavy atom. The van der Waals surface area contributed by atoms with Gasteiger partial charge >= 0.3 is 0 Å². The van der Waals surface area contributed by atoms with Gasteiger partial charge in [0.15, 0.2) is 11.6 Å². The van der Waals surface area contributed by atoms with E-state index in [2.05, 4.69) is 64.7 Å². The van der Waals surface area contributed by atoms with Gasteiger partial charge in [-0.1, -0.05) is 71.9 Å². The predicted octanol–water partition coefficient (Wildman–Crippen LogP) is 7.68. The summed E-state index contributed by atoms with van der Waals surface area (Å²) in [6, 6.07) is 15.3. The third-order valence-electron chi connectivity index (χ3n) is 5.30. The number of halogens is 2. The normalized spacial score (nSPS) is 12.5. The molecule has 0 heterocycles. The molecule has 0 spiro atoms. The van der Waals surface area contributed by atoms with Crippen LogP contribution in [0.25, 0.3) is 11.1 Å². The number of hydrogen-bond acceptors (Lipinski definition) is 2. The van der Waals surface area contributed by atoms with Crippen molar-refractivity contribution in [3.05, 3.63) is 82.9 Å². The summed E-state index contributed by atoms with van der Waals surface area (Å²) in [5.41, 5.74) is 4.29. The lowest BCUT2D eigenvalue weighted by Crippen LogP contribution is -2.16. The number of aliphatic imine (C=N–C) groups is 1. The largest absolute Gasteiger partial charge is 0.507 e. The lowest BCUT2D eigenvalue weighted by atomic mass is 9.79. The van der Waals surface area contributed by atoms with Crippen molar-refractivity contribution < 1.29 is 13.9 Å². The van der Waals surface area contributed by atoms with Crippen LogP contribution in [0, 0.1) is 11.6 Å². The van der Waals surface area contributed by atoms with Gasteiger partial charge in [-0.05, 0) is 57.3 Å². The number of phenols is 1. The van der Waals surface area contributed by atoms with E-state index in [4.69, 9.17) is 0 Å². The smallest absolute Gasteiger partial charge is 0.151 e. The van der Waals surface area contributed by atoms with Gasteiger partial charge in [0.25, 0.3) is 0 Å². The Bertz CT molecular complexity index is 1080. The number of benzene rings is 3. The molecule has 0 saturated heterocycles. The molecule has 31 heavy (non-hydrogen) atoms. The summed E-state index contributed by atoms with van der Waals surface area (Å²) in [5, 5.41) is 10.3. The highest BCUT2D eigenvalue weighted by Gasteiger charge is 2.21. The molecule has 162 valence electrons. The van der Waals surface area contributed by atoms with E-state index in [1.165, 1.54) is 23.4 Å². The minimum atomic E-state index is -0.750. The molecule has 0 radical (unpaired) electrons. The topological polar surface area (TPSA) is 32.6 Å². The van der Waals surface area contributed by atoms with E-state index in [1.54, 1.807) is 12.1 Å². The van der Waals surface area contributed by atoms with Crippen molar-refractivity contribution in [2.24, 2.45) is 4.99 Å². The van der Waals surface area contributed by atoms with Crippen LogP contribution in [0.15, 0.2) is 59.6 Å². The van der Waals surface area contributed by atoms with Crippen LogP contribution in [-0.4, -0.2) is 11.3 Å². The van der Waals surface area contributed by atoms with Gasteiger partial charge in [0.2, 0.25) is 0 Å². The van der Waals surface area contributed by atoms with Crippen LogP contribution in [0.2, 0.25) is 0 Å². The van der Waals surface area contributed by atoms with Crippen molar-refractivity contribution in [3.8, 4) is 16.9 Å². The zero-order valence-electron chi connectivity index (χ0n) is 18.9. The van der Waals surface area contributed by atoms with Crippen LogP contribution < -0.4 is 0 Å². The maximum Gasteiger partial charge on any atom is 0.151 e. The van der Waals surface area contributed by atoms with Gasteiger partial charge in [-0.3, -0.25) is 0 Å². The first-order chi connectivity index (χ1) is 14.4. The van der Waals surface area contributed by atoms with E-state index >= 15 is 0 Å². The molecule has 0 aliphatic carbocycles. The molecule has 3 aromatic rings. The molecule has 4 heteroatoms. The summed E-state index contributed by atoms with van der Waals surface area (Å²) in [5.74, 6) is -1.51. The average molecular weight is 422 g/mol. The molecule has 2 nitrogen and oxygen atoms in total. The van der Waals surface area contributed by atoms with Crippen molar-refractivity contribution in [3.63, 3.8) is 0 Å². The van der Waals surface area contributed by atoms with Crippen molar-refractivity contribution in [2.75, 3.05) is 0 Å². The number of nitrogens with zero attached hydrogens (tertiary/aromatic N) is 1. The molecule has 0 bridgehead atoms. The Labute approximate surface area is 183 Å². The Hall–Kier alpha value is -3.01. The van der Waals surface area contributed by atoms with Crippen LogP contribution in [0.5, 0.6) is 5.75 Å². The molecule has 3 rings (SSSR count). The lowest BCUT2D eigenvalue weighted by molar-refractivity contribution is 0.474. The third kappa shape index (κ3) is 5.19. The second-order valence-corrected chi connectivity index (χ2v) is 9.90. The quantitative estimate of drug-likeness (QED) is 0.432. The Morgan fingerprint density at radius 1 is 0.742 bits per heavy atom. The van der Waals surface area contributed by atoms with E-state index < -0.39 is 11.6 Å². The molecule has 0 fully saturated rings. The fourth-order valence-electron chi connectivity index (χ4n) is 3.24. The van der Waals surface area contributed by atoms with Gasteiger partial charge in [-0.25, -0.2) is 13.8 Å².